The Bertz CT molecular complexity index is 407. The van der Waals surface area contributed by atoms with Crippen LogP contribution in [0.3, 0.4) is 0 Å². The molecule has 2 heterocycles. The molecule has 6 heteroatoms. The predicted octanol–water partition coefficient (Wildman–Crippen LogP) is 1.26. The van der Waals surface area contributed by atoms with Gasteiger partial charge >= 0.3 is 0 Å². The lowest BCUT2D eigenvalue weighted by molar-refractivity contribution is 0.169. The second-order valence-corrected chi connectivity index (χ2v) is 8.81. The van der Waals surface area contributed by atoms with Crippen LogP contribution in [0.1, 0.15) is 46.0 Å². The van der Waals surface area contributed by atoms with E-state index in [9.17, 15) is 8.42 Å². The van der Waals surface area contributed by atoms with Crippen molar-refractivity contribution in [2.45, 2.75) is 57.2 Å². The van der Waals surface area contributed by atoms with Gasteiger partial charge in [0.1, 0.15) is 0 Å². The topological polar surface area (TPSA) is 52.7 Å². The van der Waals surface area contributed by atoms with E-state index in [1.54, 1.807) is 4.31 Å². The molecule has 0 amide bonds. The van der Waals surface area contributed by atoms with Gasteiger partial charge in [-0.3, -0.25) is 4.90 Å². The van der Waals surface area contributed by atoms with Crippen molar-refractivity contribution in [1.29, 1.82) is 0 Å². The average molecular weight is 317 g/mol. The molecule has 0 bridgehead atoms. The lowest BCUT2D eigenvalue weighted by Crippen LogP contribution is -2.44. The van der Waals surface area contributed by atoms with E-state index in [2.05, 4.69) is 17.1 Å². The fraction of sp³-hybridized carbons (Fsp3) is 1.00. The van der Waals surface area contributed by atoms with E-state index in [-0.39, 0.29) is 5.25 Å². The molecule has 2 fully saturated rings. The minimum absolute atomic E-state index is 0.329. The second-order valence-electron chi connectivity index (χ2n) is 6.46. The molecule has 0 radical (unpaired) electrons. The zero-order valence-electron chi connectivity index (χ0n) is 13.6. The van der Waals surface area contributed by atoms with Gasteiger partial charge in [0.2, 0.25) is 10.0 Å². The number of hydrogen-bond donors (Lipinski definition) is 1. The van der Waals surface area contributed by atoms with Crippen LogP contribution >= 0.6 is 0 Å². The van der Waals surface area contributed by atoms with E-state index in [0.717, 1.165) is 32.5 Å². The largest absolute Gasteiger partial charge is 0.315 e. The summed E-state index contributed by atoms with van der Waals surface area (Å²) in [5.41, 5.74) is 0. The van der Waals surface area contributed by atoms with Crippen LogP contribution in [0.4, 0.5) is 0 Å². The van der Waals surface area contributed by atoms with Gasteiger partial charge in [0.25, 0.3) is 0 Å². The predicted molar refractivity (Wildman–Crippen MR) is 86.9 cm³/mol. The number of piperidine rings is 1. The van der Waals surface area contributed by atoms with Gasteiger partial charge in [-0.1, -0.05) is 13.3 Å². The lowest BCUT2D eigenvalue weighted by atomic mass is 10.1. The third-order valence-corrected chi connectivity index (χ3v) is 7.00. The molecule has 124 valence electrons. The van der Waals surface area contributed by atoms with Gasteiger partial charge in [0.15, 0.2) is 0 Å². The van der Waals surface area contributed by atoms with Crippen LogP contribution in [0.25, 0.3) is 0 Å². The molecule has 0 aromatic heterocycles. The van der Waals surface area contributed by atoms with E-state index < -0.39 is 10.0 Å². The van der Waals surface area contributed by atoms with Crippen molar-refractivity contribution in [2.75, 3.05) is 39.3 Å². The summed E-state index contributed by atoms with van der Waals surface area (Å²) in [6, 6.07) is 0.441. The van der Waals surface area contributed by atoms with Gasteiger partial charge in [-0.2, -0.15) is 0 Å². The van der Waals surface area contributed by atoms with E-state index in [1.807, 2.05) is 6.92 Å². The quantitative estimate of drug-likeness (QED) is 0.718. The zero-order valence-corrected chi connectivity index (χ0v) is 14.4. The third-order valence-electron chi connectivity index (χ3n) is 4.76. The molecule has 0 aromatic carbocycles. The number of nitrogens with zero attached hydrogens (tertiary/aromatic N) is 2. The third kappa shape index (κ3) is 4.41. The van der Waals surface area contributed by atoms with Crippen LogP contribution in [-0.4, -0.2) is 68.2 Å². The maximum Gasteiger partial charge on any atom is 0.218 e. The Balaban J connectivity index is 1.86. The highest BCUT2D eigenvalue weighted by molar-refractivity contribution is 7.89. The molecule has 5 nitrogen and oxygen atoms in total. The number of sulfonamides is 1. The molecule has 2 unspecified atom stereocenters. The van der Waals surface area contributed by atoms with Crippen LogP contribution in [0.5, 0.6) is 0 Å². The summed E-state index contributed by atoms with van der Waals surface area (Å²) in [6.45, 7) is 9.04. The van der Waals surface area contributed by atoms with Gasteiger partial charge in [-0.15, -0.1) is 0 Å². The molecular formula is C15H31N3O2S. The van der Waals surface area contributed by atoms with E-state index in [1.165, 1.54) is 19.3 Å². The van der Waals surface area contributed by atoms with Crippen molar-refractivity contribution >= 4 is 10.0 Å². The minimum atomic E-state index is -3.15. The molecular weight excluding hydrogens is 286 g/mol. The Morgan fingerprint density at radius 3 is 2.57 bits per heavy atom. The molecule has 2 aliphatic heterocycles. The van der Waals surface area contributed by atoms with Gasteiger partial charge in [-0.05, 0) is 52.2 Å². The number of likely N-dealkylation sites (tertiary alicyclic amines) is 1. The summed E-state index contributed by atoms with van der Waals surface area (Å²) in [7, 11) is -3.15. The number of nitrogens with one attached hydrogen (secondary N) is 1. The first-order valence-corrected chi connectivity index (χ1v) is 9.99. The molecule has 21 heavy (non-hydrogen) atoms. The van der Waals surface area contributed by atoms with E-state index >= 15 is 0 Å². The molecule has 2 aliphatic rings. The van der Waals surface area contributed by atoms with Crippen LogP contribution in [0.15, 0.2) is 0 Å². The maximum absolute atomic E-state index is 12.6. The molecule has 2 saturated heterocycles. The zero-order chi connectivity index (χ0) is 15.3. The van der Waals surface area contributed by atoms with Gasteiger partial charge in [0.05, 0.1) is 5.25 Å². The highest BCUT2D eigenvalue weighted by Gasteiger charge is 2.37. The first kappa shape index (κ1) is 17.2. The normalized spacial score (nSPS) is 27.0. The smallest absolute Gasteiger partial charge is 0.218 e. The maximum atomic E-state index is 12.6. The van der Waals surface area contributed by atoms with Crippen LogP contribution < -0.4 is 5.32 Å². The standard InChI is InChI=1S/C15H31N3O2S/c1-3-8-16-12-14(2)21(19,20)18-11-7-15(13-18)17-9-5-4-6-10-17/h14-16H,3-13H2,1-2H3. The Morgan fingerprint density at radius 1 is 1.19 bits per heavy atom. The summed E-state index contributed by atoms with van der Waals surface area (Å²) in [5, 5.41) is 2.89. The van der Waals surface area contributed by atoms with Crippen molar-refractivity contribution in [3.63, 3.8) is 0 Å². The summed E-state index contributed by atoms with van der Waals surface area (Å²) < 4.78 is 27.0. The lowest BCUT2D eigenvalue weighted by Gasteiger charge is -2.32. The Labute approximate surface area is 130 Å². The summed E-state index contributed by atoms with van der Waals surface area (Å²) in [4.78, 5) is 2.50. The van der Waals surface area contributed by atoms with Crippen molar-refractivity contribution in [2.24, 2.45) is 0 Å². The Hall–Kier alpha value is -0.170. The highest BCUT2D eigenvalue weighted by Crippen LogP contribution is 2.23. The summed E-state index contributed by atoms with van der Waals surface area (Å²) in [5.74, 6) is 0. The number of rotatable bonds is 7. The fourth-order valence-electron chi connectivity index (χ4n) is 3.37. The van der Waals surface area contributed by atoms with Crippen LogP contribution in [0, 0.1) is 0 Å². The van der Waals surface area contributed by atoms with Gasteiger partial charge in [0, 0.05) is 25.7 Å². The van der Waals surface area contributed by atoms with Crippen molar-refractivity contribution in [1.82, 2.24) is 14.5 Å². The average Bonchev–Trinajstić information content (AvgIpc) is 2.99. The molecule has 2 atom stereocenters. The van der Waals surface area contributed by atoms with E-state index in [0.29, 0.717) is 25.7 Å². The Morgan fingerprint density at radius 2 is 1.90 bits per heavy atom. The molecule has 0 saturated carbocycles. The molecule has 1 N–H and O–H groups in total. The second kappa shape index (κ2) is 7.90. The number of hydrogen-bond acceptors (Lipinski definition) is 4. The minimum Gasteiger partial charge on any atom is -0.315 e. The van der Waals surface area contributed by atoms with E-state index in [4.69, 9.17) is 0 Å². The van der Waals surface area contributed by atoms with Crippen molar-refractivity contribution in [3.05, 3.63) is 0 Å². The first-order chi connectivity index (χ1) is 10.1. The molecule has 0 aromatic rings. The van der Waals surface area contributed by atoms with Gasteiger partial charge < -0.3 is 5.32 Å². The molecule has 2 rings (SSSR count). The Kier molecular flexibility index (Phi) is 6.47. The highest BCUT2D eigenvalue weighted by atomic mass is 32.2. The van der Waals surface area contributed by atoms with Crippen LogP contribution in [-0.2, 0) is 10.0 Å². The fourth-order valence-corrected chi connectivity index (χ4v) is 4.94. The van der Waals surface area contributed by atoms with Crippen molar-refractivity contribution in [3.8, 4) is 0 Å². The summed E-state index contributed by atoms with van der Waals surface area (Å²) in [6.07, 6.45) is 5.88. The van der Waals surface area contributed by atoms with Crippen molar-refractivity contribution < 1.29 is 8.42 Å². The van der Waals surface area contributed by atoms with Gasteiger partial charge in [-0.25, -0.2) is 12.7 Å². The molecule has 0 spiro atoms. The van der Waals surface area contributed by atoms with Crippen LogP contribution in [0.2, 0.25) is 0 Å². The SMILES string of the molecule is CCCNCC(C)S(=O)(=O)N1CCC(N2CCCCC2)C1. The first-order valence-electron chi connectivity index (χ1n) is 8.49. The summed E-state index contributed by atoms with van der Waals surface area (Å²) >= 11 is 0. The monoisotopic (exact) mass is 317 g/mol. The molecule has 0 aliphatic carbocycles.